The highest BCUT2D eigenvalue weighted by Gasteiger charge is 2.22. The van der Waals surface area contributed by atoms with Crippen LogP contribution in [0.15, 0.2) is 46.9 Å². The van der Waals surface area contributed by atoms with Gasteiger partial charge in [0.2, 0.25) is 5.91 Å². The fourth-order valence-corrected chi connectivity index (χ4v) is 4.77. The molecule has 1 aliphatic rings. The van der Waals surface area contributed by atoms with Gasteiger partial charge in [0.15, 0.2) is 0 Å². The zero-order chi connectivity index (χ0) is 18.5. The van der Waals surface area contributed by atoms with E-state index in [0.717, 1.165) is 36.4 Å². The predicted molar refractivity (Wildman–Crippen MR) is 115 cm³/mol. The molecule has 26 heavy (non-hydrogen) atoms. The van der Waals surface area contributed by atoms with E-state index in [1.54, 1.807) is 11.8 Å². The summed E-state index contributed by atoms with van der Waals surface area (Å²) in [6, 6.07) is 14.7. The third kappa shape index (κ3) is 4.63. The van der Waals surface area contributed by atoms with E-state index in [1.165, 1.54) is 22.4 Å². The maximum Gasteiger partial charge on any atom is 0.232 e. The van der Waals surface area contributed by atoms with Gasteiger partial charge in [-0.15, -0.1) is 11.8 Å². The van der Waals surface area contributed by atoms with E-state index < -0.39 is 0 Å². The van der Waals surface area contributed by atoms with E-state index in [-0.39, 0.29) is 5.91 Å². The minimum absolute atomic E-state index is 0.252. The molecule has 138 valence electrons. The lowest BCUT2D eigenvalue weighted by molar-refractivity contribution is -0.128. The van der Waals surface area contributed by atoms with Crippen LogP contribution in [-0.2, 0) is 10.5 Å². The normalized spacial score (nSPS) is 14.6. The van der Waals surface area contributed by atoms with Crippen molar-refractivity contribution in [1.82, 2.24) is 4.90 Å². The molecular formula is C21H25BrN2OS. The van der Waals surface area contributed by atoms with Crippen LogP contribution in [-0.4, -0.2) is 42.7 Å². The van der Waals surface area contributed by atoms with Crippen LogP contribution in [0.1, 0.15) is 16.7 Å². The second-order valence-corrected chi connectivity index (χ2v) is 8.51. The average molecular weight is 433 g/mol. The van der Waals surface area contributed by atoms with Gasteiger partial charge < -0.3 is 9.80 Å². The van der Waals surface area contributed by atoms with Crippen LogP contribution in [0.3, 0.4) is 0 Å². The van der Waals surface area contributed by atoms with Crippen molar-refractivity contribution in [2.45, 2.75) is 19.6 Å². The lowest BCUT2D eigenvalue weighted by Gasteiger charge is -2.37. The van der Waals surface area contributed by atoms with Crippen molar-refractivity contribution >= 4 is 39.3 Å². The summed E-state index contributed by atoms with van der Waals surface area (Å²) in [4.78, 5) is 16.9. The Morgan fingerprint density at radius 3 is 2.50 bits per heavy atom. The van der Waals surface area contributed by atoms with Crippen LogP contribution in [0, 0.1) is 13.8 Å². The molecule has 3 rings (SSSR count). The van der Waals surface area contributed by atoms with Crippen LogP contribution in [0.2, 0.25) is 0 Å². The highest BCUT2D eigenvalue weighted by atomic mass is 79.9. The molecule has 5 heteroatoms. The molecule has 1 aliphatic heterocycles. The number of carbonyl (C=O) groups excluding carboxylic acids is 1. The zero-order valence-corrected chi connectivity index (χ0v) is 17.8. The standard InChI is InChI=1S/C21H25BrN2OS/c1-16-6-5-9-20(17(16)2)23-10-12-24(13-11-23)21(25)15-26-14-18-7-3-4-8-19(18)22/h3-9H,10-15H2,1-2H3. The number of halogens is 1. The molecule has 0 unspecified atom stereocenters. The van der Waals surface area contributed by atoms with Gasteiger partial charge in [-0.25, -0.2) is 0 Å². The number of carbonyl (C=O) groups is 1. The van der Waals surface area contributed by atoms with E-state index in [1.807, 2.05) is 23.1 Å². The molecule has 0 aliphatic carbocycles. The lowest BCUT2D eigenvalue weighted by atomic mass is 10.1. The summed E-state index contributed by atoms with van der Waals surface area (Å²) in [6.45, 7) is 7.76. The minimum Gasteiger partial charge on any atom is -0.368 e. The molecule has 2 aromatic rings. The highest BCUT2D eigenvalue weighted by molar-refractivity contribution is 9.10. The SMILES string of the molecule is Cc1cccc(N2CCN(C(=O)CSCc3ccccc3Br)CC2)c1C. The van der Waals surface area contributed by atoms with Gasteiger partial charge in [0.25, 0.3) is 0 Å². The Hall–Kier alpha value is -1.46. The first-order chi connectivity index (χ1) is 12.6. The molecule has 1 saturated heterocycles. The van der Waals surface area contributed by atoms with Gasteiger partial charge in [-0.2, -0.15) is 0 Å². The third-order valence-corrected chi connectivity index (χ3v) is 6.73. The van der Waals surface area contributed by atoms with E-state index in [4.69, 9.17) is 0 Å². The van der Waals surface area contributed by atoms with Gasteiger partial charge >= 0.3 is 0 Å². The van der Waals surface area contributed by atoms with E-state index in [2.05, 4.69) is 58.9 Å². The molecule has 0 radical (unpaired) electrons. The molecule has 0 N–H and O–H groups in total. The molecular weight excluding hydrogens is 408 g/mol. The highest BCUT2D eigenvalue weighted by Crippen LogP contribution is 2.25. The second kappa shape index (κ2) is 8.96. The van der Waals surface area contributed by atoms with E-state index in [9.17, 15) is 4.79 Å². The average Bonchev–Trinajstić information content (AvgIpc) is 2.65. The van der Waals surface area contributed by atoms with Crippen molar-refractivity contribution in [3.8, 4) is 0 Å². The number of rotatable bonds is 5. The molecule has 0 atom stereocenters. The first-order valence-corrected chi connectivity index (χ1v) is 10.9. The number of benzene rings is 2. The van der Waals surface area contributed by atoms with Crippen LogP contribution < -0.4 is 4.90 Å². The topological polar surface area (TPSA) is 23.6 Å². The number of hydrogen-bond donors (Lipinski definition) is 0. The molecule has 2 aromatic carbocycles. The van der Waals surface area contributed by atoms with Crippen LogP contribution in [0.5, 0.6) is 0 Å². The summed E-state index contributed by atoms with van der Waals surface area (Å²) < 4.78 is 1.11. The molecule has 0 aromatic heterocycles. The molecule has 1 heterocycles. The minimum atomic E-state index is 0.252. The van der Waals surface area contributed by atoms with Gasteiger partial charge in [0.05, 0.1) is 5.75 Å². The smallest absolute Gasteiger partial charge is 0.232 e. The van der Waals surface area contributed by atoms with Gasteiger partial charge in [-0.05, 0) is 42.7 Å². The van der Waals surface area contributed by atoms with Crippen LogP contribution in [0.25, 0.3) is 0 Å². The Labute approximate surface area is 168 Å². The van der Waals surface area contributed by atoms with Crippen molar-refractivity contribution in [3.63, 3.8) is 0 Å². The Balaban J connectivity index is 1.48. The predicted octanol–water partition coefficient (Wildman–Crippen LogP) is 4.65. The summed E-state index contributed by atoms with van der Waals surface area (Å²) in [6.07, 6.45) is 0. The van der Waals surface area contributed by atoms with Crippen molar-refractivity contribution in [2.75, 3.05) is 36.8 Å². The Morgan fingerprint density at radius 2 is 1.77 bits per heavy atom. The van der Waals surface area contributed by atoms with Crippen molar-refractivity contribution in [3.05, 3.63) is 63.6 Å². The fraction of sp³-hybridized carbons (Fsp3) is 0.381. The summed E-state index contributed by atoms with van der Waals surface area (Å²) >= 11 is 5.25. The first kappa shape index (κ1) is 19.3. The number of thioether (sulfide) groups is 1. The van der Waals surface area contributed by atoms with Gasteiger partial charge in [-0.1, -0.05) is 46.3 Å². The largest absolute Gasteiger partial charge is 0.368 e. The number of amides is 1. The second-order valence-electron chi connectivity index (χ2n) is 6.67. The van der Waals surface area contributed by atoms with Crippen LogP contribution >= 0.6 is 27.7 Å². The first-order valence-electron chi connectivity index (χ1n) is 8.96. The van der Waals surface area contributed by atoms with Crippen molar-refractivity contribution in [2.24, 2.45) is 0 Å². The monoisotopic (exact) mass is 432 g/mol. The zero-order valence-electron chi connectivity index (χ0n) is 15.4. The molecule has 0 bridgehead atoms. The number of anilines is 1. The molecule has 0 spiro atoms. The summed E-state index contributed by atoms with van der Waals surface area (Å²) in [5, 5.41) is 0. The number of hydrogen-bond acceptors (Lipinski definition) is 3. The fourth-order valence-electron chi connectivity index (χ4n) is 3.23. The number of aryl methyl sites for hydroxylation is 1. The lowest BCUT2D eigenvalue weighted by Crippen LogP contribution is -2.49. The van der Waals surface area contributed by atoms with Gasteiger partial charge in [-0.3, -0.25) is 4.79 Å². The maximum absolute atomic E-state index is 12.5. The quantitative estimate of drug-likeness (QED) is 0.686. The summed E-state index contributed by atoms with van der Waals surface area (Å²) in [7, 11) is 0. The van der Waals surface area contributed by atoms with Crippen molar-refractivity contribution in [1.29, 1.82) is 0 Å². The third-order valence-electron chi connectivity index (χ3n) is 4.99. The number of piperazine rings is 1. The van der Waals surface area contributed by atoms with Gasteiger partial charge in [0, 0.05) is 42.1 Å². The van der Waals surface area contributed by atoms with Crippen molar-refractivity contribution < 1.29 is 4.79 Å². The molecule has 1 amide bonds. The van der Waals surface area contributed by atoms with E-state index >= 15 is 0 Å². The summed E-state index contributed by atoms with van der Waals surface area (Å²) in [5.74, 6) is 1.66. The Morgan fingerprint density at radius 1 is 1.04 bits per heavy atom. The molecule has 3 nitrogen and oxygen atoms in total. The number of nitrogens with zero attached hydrogens (tertiary/aromatic N) is 2. The summed E-state index contributed by atoms with van der Waals surface area (Å²) in [5.41, 5.74) is 5.21. The Bertz CT molecular complexity index is 772. The maximum atomic E-state index is 12.5. The Kier molecular flexibility index (Phi) is 6.65. The molecule has 0 saturated carbocycles. The van der Waals surface area contributed by atoms with Crippen LogP contribution in [0.4, 0.5) is 5.69 Å². The van der Waals surface area contributed by atoms with E-state index in [0.29, 0.717) is 5.75 Å². The molecule has 1 fully saturated rings. The van der Waals surface area contributed by atoms with Gasteiger partial charge in [0.1, 0.15) is 0 Å².